The van der Waals surface area contributed by atoms with Crippen LogP contribution in [0.25, 0.3) is 0 Å². The van der Waals surface area contributed by atoms with Crippen LogP contribution in [0.3, 0.4) is 0 Å². The van der Waals surface area contributed by atoms with Crippen molar-refractivity contribution < 1.29 is 9.84 Å². The summed E-state index contributed by atoms with van der Waals surface area (Å²) in [6.07, 6.45) is 5.05. The van der Waals surface area contributed by atoms with Gasteiger partial charge in [-0.3, -0.25) is 9.58 Å². The van der Waals surface area contributed by atoms with E-state index >= 15 is 0 Å². The number of aromatic nitrogens is 2. The summed E-state index contributed by atoms with van der Waals surface area (Å²) in [6.45, 7) is 6.44. The molecule has 0 saturated carbocycles. The summed E-state index contributed by atoms with van der Waals surface area (Å²) >= 11 is 0. The Hall–Kier alpha value is -1.33. The minimum absolute atomic E-state index is 0.167. The van der Waals surface area contributed by atoms with E-state index in [9.17, 15) is 5.11 Å². The Labute approximate surface area is 108 Å². The number of aliphatic hydroxyl groups excluding tert-OH is 1. The molecule has 0 unspecified atom stereocenters. The molecule has 100 valence electrons. The molecule has 5 nitrogen and oxygen atoms in total. The van der Waals surface area contributed by atoms with Crippen LogP contribution in [0, 0.1) is 0 Å². The molecule has 2 rings (SSSR count). The summed E-state index contributed by atoms with van der Waals surface area (Å²) in [6, 6.07) is 0. The predicted molar refractivity (Wildman–Crippen MR) is 69.5 cm³/mol. The zero-order valence-electron chi connectivity index (χ0n) is 11.2. The molecule has 0 amide bonds. The molecule has 1 aliphatic rings. The van der Waals surface area contributed by atoms with Gasteiger partial charge in [0, 0.05) is 26.7 Å². The number of ether oxygens (including phenoxy) is 1. The summed E-state index contributed by atoms with van der Waals surface area (Å²) in [5, 5.41) is 14.0. The van der Waals surface area contributed by atoms with Crippen LogP contribution in [0.4, 0.5) is 0 Å². The van der Waals surface area contributed by atoms with Crippen LogP contribution < -0.4 is 4.74 Å². The van der Waals surface area contributed by atoms with E-state index in [2.05, 4.69) is 29.9 Å². The molecular formula is C13H21N3O2. The molecule has 1 aromatic rings. The lowest BCUT2D eigenvalue weighted by Crippen LogP contribution is -2.29. The number of hydrogen-bond donors (Lipinski definition) is 1. The fourth-order valence-corrected chi connectivity index (χ4v) is 2.04. The number of β-amino-alcohol motifs (C(OH)–C–C–N with tert-alkyl or cyclic N) is 1. The summed E-state index contributed by atoms with van der Waals surface area (Å²) in [7, 11) is 1.85. The molecule has 0 radical (unpaired) electrons. The first-order valence-corrected chi connectivity index (χ1v) is 6.23. The zero-order chi connectivity index (χ0) is 13.1. The van der Waals surface area contributed by atoms with Gasteiger partial charge in [0.25, 0.3) is 0 Å². The molecule has 2 heterocycles. The maximum atomic E-state index is 9.98. The van der Waals surface area contributed by atoms with Gasteiger partial charge in [-0.15, -0.1) is 0 Å². The van der Waals surface area contributed by atoms with Crippen molar-refractivity contribution in [3.05, 3.63) is 24.0 Å². The van der Waals surface area contributed by atoms with Crippen LogP contribution in [0.2, 0.25) is 0 Å². The Morgan fingerprint density at radius 3 is 2.94 bits per heavy atom. The van der Waals surface area contributed by atoms with Crippen molar-refractivity contribution in [3.63, 3.8) is 0 Å². The largest absolute Gasteiger partial charge is 0.483 e. The van der Waals surface area contributed by atoms with Gasteiger partial charge in [0.1, 0.15) is 12.2 Å². The summed E-state index contributed by atoms with van der Waals surface area (Å²) < 4.78 is 7.44. The molecule has 5 heteroatoms. The Bertz CT molecular complexity index is 424. The Morgan fingerprint density at radius 1 is 1.56 bits per heavy atom. The summed E-state index contributed by atoms with van der Waals surface area (Å²) in [5.41, 5.74) is 1.29. The van der Waals surface area contributed by atoms with Gasteiger partial charge >= 0.3 is 0 Å². The first-order chi connectivity index (χ1) is 8.54. The lowest BCUT2D eigenvalue weighted by molar-refractivity contribution is 0.0736. The minimum Gasteiger partial charge on any atom is -0.483 e. The van der Waals surface area contributed by atoms with E-state index in [-0.39, 0.29) is 6.10 Å². The lowest BCUT2D eigenvalue weighted by Gasteiger charge is -2.15. The van der Waals surface area contributed by atoms with Crippen molar-refractivity contribution in [3.8, 4) is 5.75 Å². The highest BCUT2D eigenvalue weighted by atomic mass is 16.5. The topological polar surface area (TPSA) is 50.5 Å². The second-order valence-electron chi connectivity index (χ2n) is 5.07. The van der Waals surface area contributed by atoms with Crippen LogP contribution in [0.1, 0.15) is 13.8 Å². The Kier molecular flexibility index (Phi) is 4.04. The Morgan fingerprint density at radius 2 is 2.33 bits per heavy atom. The first-order valence-electron chi connectivity index (χ1n) is 6.23. The molecule has 1 saturated heterocycles. The van der Waals surface area contributed by atoms with Crippen LogP contribution in [0.5, 0.6) is 5.75 Å². The summed E-state index contributed by atoms with van der Waals surface area (Å²) in [4.78, 5) is 2.19. The highest BCUT2D eigenvalue weighted by molar-refractivity contribution is 5.13. The molecule has 1 N–H and O–H groups in total. The highest BCUT2D eigenvalue weighted by Crippen LogP contribution is 2.18. The quantitative estimate of drug-likeness (QED) is 0.805. The van der Waals surface area contributed by atoms with Crippen molar-refractivity contribution in [2.24, 2.45) is 7.05 Å². The third-order valence-electron chi connectivity index (χ3n) is 3.04. The van der Waals surface area contributed by atoms with Crippen molar-refractivity contribution in [1.82, 2.24) is 14.7 Å². The molecule has 1 aliphatic heterocycles. The molecule has 0 aromatic carbocycles. The molecule has 1 aromatic heterocycles. The average Bonchev–Trinajstić information content (AvgIpc) is 2.84. The monoisotopic (exact) mass is 251 g/mol. The predicted octanol–water partition coefficient (Wildman–Crippen LogP) is 0.810. The van der Waals surface area contributed by atoms with Crippen molar-refractivity contribution in [2.45, 2.75) is 26.1 Å². The van der Waals surface area contributed by atoms with E-state index in [0.29, 0.717) is 12.3 Å². The highest BCUT2D eigenvalue weighted by Gasteiger charge is 2.32. The average molecular weight is 251 g/mol. The molecule has 2 atom stereocenters. The molecule has 0 aliphatic carbocycles. The number of allylic oxidation sites excluding steroid dienone is 1. The lowest BCUT2D eigenvalue weighted by atomic mass is 10.3. The van der Waals surface area contributed by atoms with Gasteiger partial charge in [-0.2, -0.15) is 5.10 Å². The molecular weight excluding hydrogens is 230 g/mol. The third kappa shape index (κ3) is 3.34. The second kappa shape index (κ2) is 5.54. The van der Waals surface area contributed by atoms with Crippen LogP contribution in [-0.2, 0) is 7.05 Å². The normalized spacial score (nSPS) is 24.2. The fraction of sp³-hybridized carbons (Fsp3) is 0.615. The van der Waals surface area contributed by atoms with E-state index in [1.54, 1.807) is 10.9 Å². The Balaban J connectivity index is 1.89. The van der Waals surface area contributed by atoms with Gasteiger partial charge in [0.2, 0.25) is 0 Å². The van der Waals surface area contributed by atoms with Crippen molar-refractivity contribution in [1.29, 1.82) is 0 Å². The minimum atomic E-state index is -0.434. The standard InChI is InChI=1S/C13H21N3O2/c1-10(2)4-5-16-8-12(17)13(9-16)18-11-6-14-15(3)7-11/h4,6-7,12-13,17H,5,8-9H2,1-3H3/t12-,13-/m1/s1. The fourth-order valence-electron chi connectivity index (χ4n) is 2.04. The molecule has 1 fully saturated rings. The van der Waals surface area contributed by atoms with Gasteiger partial charge in [-0.1, -0.05) is 11.6 Å². The van der Waals surface area contributed by atoms with Gasteiger partial charge < -0.3 is 9.84 Å². The number of hydrogen-bond acceptors (Lipinski definition) is 4. The first kappa shape index (κ1) is 13.1. The van der Waals surface area contributed by atoms with E-state index in [0.717, 1.165) is 13.1 Å². The molecule has 0 bridgehead atoms. The number of aliphatic hydroxyl groups is 1. The SMILES string of the molecule is CC(C)=CCN1C[C@@H](O)[C@H](Oc2cnn(C)c2)C1. The van der Waals surface area contributed by atoms with Crippen LogP contribution >= 0.6 is 0 Å². The van der Waals surface area contributed by atoms with Gasteiger partial charge in [0.05, 0.1) is 12.4 Å². The number of rotatable bonds is 4. The maximum Gasteiger partial charge on any atom is 0.157 e. The second-order valence-corrected chi connectivity index (χ2v) is 5.07. The van der Waals surface area contributed by atoms with Crippen molar-refractivity contribution >= 4 is 0 Å². The van der Waals surface area contributed by atoms with Gasteiger partial charge in [-0.25, -0.2) is 0 Å². The number of nitrogens with zero attached hydrogens (tertiary/aromatic N) is 3. The summed E-state index contributed by atoms with van der Waals surface area (Å²) in [5.74, 6) is 0.714. The maximum absolute atomic E-state index is 9.98. The number of likely N-dealkylation sites (tertiary alicyclic amines) is 1. The van der Waals surface area contributed by atoms with E-state index in [1.807, 2.05) is 13.2 Å². The van der Waals surface area contributed by atoms with Gasteiger partial charge in [0.15, 0.2) is 5.75 Å². The third-order valence-corrected chi connectivity index (χ3v) is 3.04. The van der Waals surface area contributed by atoms with Crippen LogP contribution in [0.15, 0.2) is 24.0 Å². The van der Waals surface area contributed by atoms with E-state index in [4.69, 9.17) is 4.74 Å². The molecule has 18 heavy (non-hydrogen) atoms. The zero-order valence-corrected chi connectivity index (χ0v) is 11.2. The molecule has 0 spiro atoms. The van der Waals surface area contributed by atoms with Crippen LogP contribution in [-0.4, -0.2) is 51.6 Å². The van der Waals surface area contributed by atoms with E-state index < -0.39 is 6.10 Å². The number of aryl methyl sites for hydroxylation is 1. The van der Waals surface area contributed by atoms with Crippen molar-refractivity contribution in [2.75, 3.05) is 19.6 Å². The smallest absolute Gasteiger partial charge is 0.157 e. The van der Waals surface area contributed by atoms with Gasteiger partial charge in [-0.05, 0) is 13.8 Å². The van der Waals surface area contributed by atoms with E-state index in [1.165, 1.54) is 5.57 Å².